The molecule has 1 saturated heterocycles. The van der Waals surface area contributed by atoms with E-state index in [4.69, 9.17) is 51.6 Å². The molecule has 662 valence electrons. The summed E-state index contributed by atoms with van der Waals surface area (Å²) in [6.45, 7) is -1.66. The summed E-state index contributed by atoms with van der Waals surface area (Å²) in [5.41, 5.74) is 49.8. The summed E-state index contributed by atoms with van der Waals surface area (Å²) in [5.74, 6) is -19.1. The number of amides is 15. The van der Waals surface area contributed by atoms with Gasteiger partial charge in [-0.2, -0.15) is 50.5 Å². The minimum Gasteiger partial charge on any atom is -0.480 e. The quantitative estimate of drug-likeness (QED) is 0.0125. The first-order valence-electron chi connectivity index (χ1n) is 36.8. The van der Waals surface area contributed by atoms with E-state index < -0.39 is 217 Å². The third kappa shape index (κ3) is 37.5. The standard InChI is InChI=1S/C64H112N30O20S4/c1-29(46(99)83-33(9-4-14-76-62(68)69)51(104)88-39(23-97)54(107)93-43(27-118)60(113)114)80-48(101)32(8-3-13-75-61(66)67)84-49(102)34(10-5-15-77-63(70)71)85-50(103)35(11-6-16-78-64(72)73)86-52(105)37(21-95)89-56(109)41(25-116)91-47(100)30(2)81-58(111)44-12-7-17-94(44)59(112)36(18-31-20-74-28-79-31)87-53(106)38(22-96)90-57(110)42(26-117)92-55(108)40(24-115)82-45(98)19-65/h20,28-30,32-44,95-97,115-118H,3-19,21-27,65H2,1-2H3,(H,74,79)(H,80,101)(H,81,111)(H,82,98)(H,83,99)(H,84,102)(H,85,103)(H,86,105)(H,87,106)(H,88,104)(H,89,109)(H,90,110)(H,91,100)(H,92,108)(H,93,107)(H,113,114)(H4,66,67,75)(H4,68,69,76)(H4,70,71,77)(H4,72,73,78)/t29-,30-,32-,33-,34-,35-,36-,37-,38-,39-,40-,41-,42-,43-,44-/m0/s1. The lowest BCUT2D eigenvalue weighted by Gasteiger charge is -2.30. The molecule has 118 heavy (non-hydrogen) atoms. The zero-order valence-electron chi connectivity index (χ0n) is 64.8. The molecule has 1 aliphatic heterocycles. The van der Waals surface area contributed by atoms with Gasteiger partial charge in [0, 0.05) is 74.0 Å². The monoisotopic (exact) mass is 1750 g/mol. The molecule has 0 bridgehead atoms. The first kappa shape index (κ1) is 103. The summed E-state index contributed by atoms with van der Waals surface area (Å²) in [5, 5.41) is 73.6. The molecule has 0 unspecified atom stereocenters. The number of hydrogen-bond acceptors (Lipinski definition) is 29. The number of nitrogens with zero attached hydrogens (tertiary/aromatic N) is 6. The number of nitrogens with one attached hydrogen (secondary N) is 15. The van der Waals surface area contributed by atoms with Crippen LogP contribution in [0.3, 0.4) is 0 Å². The summed E-state index contributed by atoms with van der Waals surface area (Å²) in [6, 6.07) is -23.3. The lowest BCUT2D eigenvalue weighted by atomic mass is 10.0. The predicted octanol–water partition coefficient (Wildman–Crippen LogP) is -15.3. The molecule has 0 saturated carbocycles. The number of aliphatic hydroxyl groups is 3. The van der Waals surface area contributed by atoms with Gasteiger partial charge in [-0.1, -0.05) is 0 Å². The molecular weight excluding hydrogens is 1640 g/mol. The van der Waals surface area contributed by atoms with E-state index in [1.807, 2.05) is 0 Å². The summed E-state index contributed by atoms with van der Waals surface area (Å²) >= 11 is 16.3. The van der Waals surface area contributed by atoms with Crippen molar-refractivity contribution in [3.63, 3.8) is 0 Å². The van der Waals surface area contributed by atoms with Crippen LogP contribution in [0.4, 0.5) is 0 Å². The van der Waals surface area contributed by atoms with Gasteiger partial charge in [-0.3, -0.25) is 91.9 Å². The highest BCUT2D eigenvalue weighted by atomic mass is 32.1. The van der Waals surface area contributed by atoms with Crippen LogP contribution < -0.4 is 126 Å². The summed E-state index contributed by atoms with van der Waals surface area (Å²) < 4.78 is 0. The minimum absolute atomic E-state index is 0.00949. The number of aliphatic carboxylic acids is 1. The predicted molar refractivity (Wildman–Crippen MR) is 438 cm³/mol. The molecule has 0 spiro atoms. The topological polar surface area (TPSA) is 838 Å². The van der Waals surface area contributed by atoms with Gasteiger partial charge in [-0.25, -0.2) is 9.78 Å². The molecule has 54 heteroatoms. The number of guanidine groups is 4. The van der Waals surface area contributed by atoms with Gasteiger partial charge < -0.3 is 156 Å². The van der Waals surface area contributed by atoms with Crippen molar-refractivity contribution in [3.05, 3.63) is 18.2 Å². The van der Waals surface area contributed by atoms with Crippen LogP contribution >= 0.6 is 50.5 Å². The van der Waals surface area contributed by atoms with Crippen molar-refractivity contribution >= 4 is 169 Å². The molecule has 1 fully saturated rings. The number of aliphatic imine (C=N–C) groups is 4. The molecule has 1 aromatic heterocycles. The van der Waals surface area contributed by atoms with Gasteiger partial charge in [0.15, 0.2) is 23.8 Å². The number of carbonyl (C=O) groups excluding carboxylic acids is 15. The molecule has 1 aliphatic rings. The number of imidazole rings is 1. The second kappa shape index (κ2) is 54.9. The molecule has 1 aromatic rings. The average molecular weight is 1750 g/mol. The summed E-state index contributed by atoms with van der Waals surface area (Å²) in [6.07, 6.45) is 1.55. The van der Waals surface area contributed by atoms with Gasteiger partial charge in [0.2, 0.25) is 88.6 Å². The maximum atomic E-state index is 14.6. The number of carboxylic acids is 1. The molecule has 0 aromatic carbocycles. The first-order chi connectivity index (χ1) is 55.8. The van der Waals surface area contributed by atoms with E-state index >= 15 is 0 Å². The van der Waals surface area contributed by atoms with Gasteiger partial charge in [0.25, 0.3) is 0 Å². The fourth-order valence-electron chi connectivity index (χ4n) is 10.8. The van der Waals surface area contributed by atoms with Crippen LogP contribution in [0.15, 0.2) is 32.5 Å². The Balaban J connectivity index is 2.42. The highest BCUT2D eigenvalue weighted by molar-refractivity contribution is 7.80. The second-order valence-corrected chi connectivity index (χ2v) is 27.8. The van der Waals surface area contributed by atoms with Crippen molar-refractivity contribution in [3.8, 4) is 0 Å². The van der Waals surface area contributed by atoms with Crippen molar-refractivity contribution in [2.24, 2.45) is 71.6 Å². The molecule has 0 radical (unpaired) electrons. The summed E-state index contributed by atoms with van der Waals surface area (Å²) in [7, 11) is 0. The number of likely N-dealkylation sites (tertiary alicyclic amines) is 1. The molecule has 2 rings (SSSR count). The number of hydrogen-bond donors (Lipinski definition) is 32. The lowest BCUT2D eigenvalue weighted by molar-refractivity contribution is -0.142. The second-order valence-electron chi connectivity index (χ2n) is 26.3. The third-order valence-corrected chi connectivity index (χ3v) is 18.6. The maximum Gasteiger partial charge on any atom is 0.327 e. The van der Waals surface area contributed by atoms with E-state index in [9.17, 15) is 97.1 Å². The number of carbonyl (C=O) groups is 16. The zero-order valence-corrected chi connectivity index (χ0v) is 68.4. The zero-order chi connectivity index (χ0) is 88.9. The highest BCUT2D eigenvalue weighted by Gasteiger charge is 2.41. The van der Waals surface area contributed by atoms with Gasteiger partial charge >= 0.3 is 5.97 Å². The van der Waals surface area contributed by atoms with Crippen LogP contribution in [-0.4, -0.2) is 326 Å². The van der Waals surface area contributed by atoms with Gasteiger partial charge in [-0.15, -0.1) is 0 Å². The number of rotatable bonds is 55. The molecular formula is C64H112N30O20S4. The first-order valence-corrected chi connectivity index (χ1v) is 39.3. The van der Waals surface area contributed by atoms with E-state index in [1.54, 1.807) is 0 Å². The molecule has 0 aliphatic carbocycles. The SMILES string of the molecule is C[C@H](NC(=O)[C@H](CCCN=C(N)N)NC(=O)[C@H](CCCN=C(N)N)NC(=O)[C@H](CCCN=C(N)N)NC(=O)[C@H](CO)NC(=O)[C@H](CS)NC(=O)[C@H](C)NC(=O)[C@@H]1CCCN1C(=O)[C@H](Cc1cnc[nH]1)NC(=O)[C@H](CO)NC(=O)[C@H](CS)NC(=O)[C@H](CS)NC(=O)CN)C(=O)N[C@@H](CCCN=C(N)N)C(=O)N[C@@H](CO)C(=O)N[C@@H](CS)C(=O)O. The van der Waals surface area contributed by atoms with Crippen molar-refractivity contribution in [1.29, 1.82) is 0 Å². The van der Waals surface area contributed by atoms with E-state index in [1.165, 1.54) is 26.4 Å². The number of aromatic nitrogens is 2. The Morgan fingerprint density at radius 3 is 1.06 bits per heavy atom. The molecule has 15 amide bonds. The van der Waals surface area contributed by atoms with Gasteiger partial charge in [-0.05, 0) is 78.1 Å². The van der Waals surface area contributed by atoms with Crippen molar-refractivity contribution in [1.82, 2.24) is 89.3 Å². The Kier molecular flexibility index (Phi) is 47.9. The van der Waals surface area contributed by atoms with Crippen molar-refractivity contribution in [2.75, 3.05) is 82.1 Å². The smallest absolute Gasteiger partial charge is 0.327 e. The van der Waals surface area contributed by atoms with Crippen LogP contribution in [0.25, 0.3) is 0 Å². The normalized spacial score (nSPS) is 15.7. The number of aromatic amines is 1. The molecule has 15 atom stereocenters. The van der Waals surface area contributed by atoms with E-state index in [0.29, 0.717) is 5.69 Å². The Bertz CT molecular complexity index is 3670. The highest BCUT2D eigenvalue weighted by Crippen LogP contribution is 2.21. The van der Waals surface area contributed by atoms with Crippen LogP contribution in [-0.2, 0) is 83.1 Å². The number of thiol groups is 4. The van der Waals surface area contributed by atoms with Crippen molar-refractivity contribution < 1.29 is 97.1 Å². The largest absolute Gasteiger partial charge is 0.480 e. The van der Waals surface area contributed by atoms with Crippen LogP contribution in [0.2, 0.25) is 0 Å². The van der Waals surface area contributed by atoms with E-state index in [0.717, 1.165) is 4.90 Å². The number of carboxylic acid groups (broad SMARTS) is 1. The van der Waals surface area contributed by atoms with Crippen molar-refractivity contribution in [2.45, 2.75) is 175 Å². The number of H-pyrrole nitrogens is 1. The maximum absolute atomic E-state index is 14.6. The minimum atomic E-state index is -1.89. The lowest BCUT2D eigenvalue weighted by Crippen LogP contribution is -2.61. The Morgan fingerprint density at radius 2 is 0.729 bits per heavy atom. The van der Waals surface area contributed by atoms with E-state index in [-0.39, 0.29) is 144 Å². The Hall–Kier alpha value is -10.9. The molecule has 2 heterocycles. The third-order valence-electron chi connectivity index (χ3n) is 17.1. The van der Waals surface area contributed by atoms with Gasteiger partial charge in [0.05, 0.1) is 32.7 Å². The van der Waals surface area contributed by atoms with Gasteiger partial charge in [0.1, 0.15) is 90.6 Å². The fourth-order valence-corrected chi connectivity index (χ4v) is 11.8. The van der Waals surface area contributed by atoms with Crippen LogP contribution in [0.1, 0.15) is 83.7 Å². The van der Waals surface area contributed by atoms with E-state index in [2.05, 4.69) is 155 Å². The fraction of sp³-hybridized carbons (Fsp3) is 0.641. The molecule has 50 nitrogen and oxygen atoms in total. The molecule has 37 N–H and O–H groups in total. The number of aliphatic hydroxyl groups excluding tert-OH is 3. The van der Waals surface area contributed by atoms with Crippen LogP contribution in [0, 0.1) is 0 Å². The summed E-state index contributed by atoms with van der Waals surface area (Å²) in [4.78, 5) is 241. The van der Waals surface area contributed by atoms with Crippen LogP contribution in [0.5, 0.6) is 0 Å². The average Bonchev–Trinajstić information content (AvgIpc) is 1.65. The number of nitrogens with two attached hydrogens (primary N) is 9. The Morgan fingerprint density at radius 1 is 0.432 bits per heavy atom. The Labute approximate surface area is 699 Å².